The molecule has 1 rings (SSSR count). The van der Waals surface area contributed by atoms with E-state index < -0.39 is 23.3 Å². The predicted molar refractivity (Wildman–Crippen MR) is 65.1 cm³/mol. The van der Waals surface area contributed by atoms with Gasteiger partial charge in [-0.2, -0.15) is 0 Å². The molecule has 18 heavy (non-hydrogen) atoms. The zero-order valence-electron chi connectivity index (χ0n) is 10.8. The van der Waals surface area contributed by atoms with Gasteiger partial charge in [-0.3, -0.25) is 0 Å². The summed E-state index contributed by atoms with van der Waals surface area (Å²) >= 11 is 0. The molecule has 0 aliphatic heterocycles. The van der Waals surface area contributed by atoms with Gasteiger partial charge in [-0.1, -0.05) is 6.07 Å². The molecule has 0 heterocycles. The van der Waals surface area contributed by atoms with E-state index in [0.717, 1.165) is 12.1 Å². The van der Waals surface area contributed by atoms with E-state index >= 15 is 0 Å². The molecule has 0 aromatic heterocycles. The van der Waals surface area contributed by atoms with Crippen LogP contribution in [0.2, 0.25) is 0 Å². The van der Waals surface area contributed by atoms with Crippen molar-refractivity contribution in [3.8, 4) is 0 Å². The minimum atomic E-state index is -0.975. The van der Waals surface area contributed by atoms with Crippen molar-refractivity contribution < 1.29 is 19.0 Å². The Morgan fingerprint density at radius 2 is 1.89 bits per heavy atom. The van der Waals surface area contributed by atoms with Gasteiger partial charge in [0.2, 0.25) is 0 Å². The molecule has 0 aliphatic rings. The normalized spacial score (nSPS) is 14.0. The molecule has 0 bridgehead atoms. The van der Waals surface area contributed by atoms with Gasteiger partial charge in [0.05, 0.1) is 11.7 Å². The fourth-order valence-electron chi connectivity index (χ4n) is 1.85. The summed E-state index contributed by atoms with van der Waals surface area (Å²) in [6, 6.07) is 3.32. The van der Waals surface area contributed by atoms with Crippen LogP contribution in [0.5, 0.6) is 0 Å². The van der Waals surface area contributed by atoms with Gasteiger partial charge >= 0.3 is 0 Å². The van der Waals surface area contributed by atoms with Crippen LogP contribution in [-0.4, -0.2) is 40.9 Å². The predicted octanol–water partition coefficient (Wildman–Crippen LogP) is 1.70. The maximum Gasteiger partial charge on any atom is 0.159 e. The first-order valence-corrected chi connectivity index (χ1v) is 5.73. The highest BCUT2D eigenvalue weighted by molar-refractivity contribution is 5.20. The molecule has 0 amide bonds. The third-order valence-corrected chi connectivity index (χ3v) is 2.47. The van der Waals surface area contributed by atoms with Crippen molar-refractivity contribution in [3.05, 3.63) is 35.4 Å². The monoisotopic (exact) mass is 259 g/mol. The highest BCUT2D eigenvalue weighted by Crippen LogP contribution is 2.17. The average Bonchev–Trinajstić information content (AvgIpc) is 2.18. The Bertz CT molecular complexity index is 404. The number of nitrogens with zero attached hydrogens (tertiary/aromatic N) is 1. The number of aliphatic hydroxyl groups is 2. The van der Waals surface area contributed by atoms with Gasteiger partial charge in [0.25, 0.3) is 0 Å². The maximum atomic E-state index is 13.0. The topological polar surface area (TPSA) is 43.7 Å². The second-order valence-corrected chi connectivity index (χ2v) is 5.20. The molecule has 3 nitrogen and oxygen atoms in total. The molecular formula is C13H19F2NO2. The molecule has 1 atom stereocenters. The number of aliphatic hydroxyl groups excluding tert-OH is 1. The van der Waals surface area contributed by atoms with Gasteiger partial charge in [0, 0.05) is 13.1 Å². The molecule has 102 valence electrons. The van der Waals surface area contributed by atoms with E-state index in [4.69, 9.17) is 0 Å². The lowest BCUT2D eigenvalue weighted by molar-refractivity contribution is 0.0283. The van der Waals surface area contributed by atoms with E-state index in [1.807, 2.05) is 0 Å². The third-order valence-electron chi connectivity index (χ3n) is 2.47. The second kappa shape index (κ2) is 5.73. The van der Waals surface area contributed by atoms with Crippen LogP contribution in [0.15, 0.2) is 18.2 Å². The molecule has 1 aromatic carbocycles. The fraction of sp³-hybridized carbons (Fsp3) is 0.538. The van der Waals surface area contributed by atoms with Gasteiger partial charge < -0.3 is 15.1 Å². The molecule has 2 N–H and O–H groups in total. The van der Waals surface area contributed by atoms with Crippen molar-refractivity contribution >= 4 is 0 Å². The molecule has 0 saturated carbocycles. The maximum absolute atomic E-state index is 13.0. The van der Waals surface area contributed by atoms with Crippen molar-refractivity contribution in [2.24, 2.45) is 0 Å². The number of rotatable bonds is 5. The lowest BCUT2D eigenvalue weighted by atomic mass is 10.1. The van der Waals surface area contributed by atoms with Crippen LogP contribution in [0.1, 0.15) is 25.5 Å². The highest BCUT2D eigenvalue weighted by Gasteiger charge is 2.19. The Labute approximate surface area is 106 Å². The van der Waals surface area contributed by atoms with Gasteiger partial charge in [0.15, 0.2) is 11.6 Å². The highest BCUT2D eigenvalue weighted by atomic mass is 19.2. The van der Waals surface area contributed by atoms with E-state index in [-0.39, 0.29) is 6.54 Å². The summed E-state index contributed by atoms with van der Waals surface area (Å²) in [6.07, 6.45) is -0.924. The first-order valence-electron chi connectivity index (χ1n) is 5.73. The first-order chi connectivity index (χ1) is 8.19. The lowest BCUT2D eigenvalue weighted by Crippen LogP contribution is -2.38. The van der Waals surface area contributed by atoms with E-state index in [1.54, 1.807) is 25.8 Å². The SMILES string of the molecule is CN(CC(O)c1ccc(F)c(F)c1)CC(C)(C)O. The summed E-state index contributed by atoms with van der Waals surface area (Å²) in [5.41, 5.74) is -0.556. The van der Waals surface area contributed by atoms with Crippen molar-refractivity contribution in [3.63, 3.8) is 0 Å². The molecule has 0 spiro atoms. The summed E-state index contributed by atoms with van der Waals surface area (Å²) in [5, 5.41) is 19.5. The Morgan fingerprint density at radius 3 is 2.39 bits per heavy atom. The van der Waals surface area contributed by atoms with Crippen LogP contribution < -0.4 is 0 Å². The largest absolute Gasteiger partial charge is 0.389 e. The van der Waals surface area contributed by atoms with Crippen LogP contribution in [0.25, 0.3) is 0 Å². The minimum absolute atomic E-state index is 0.231. The second-order valence-electron chi connectivity index (χ2n) is 5.20. The van der Waals surface area contributed by atoms with Crippen LogP contribution in [0.4, 0.5) is 8.78 Å². The minimum Gasteiger partial charge on any atom is -0.389 e. The molecule has 1 aromatic rings. The summed E-state index contributed by atoms with van der Waals surface area (Å²) in [4.78, 5) is 1.73. The molecule has 0 fully saturated rings. The number of hydrogen-bond donors (Lipinski definition) is 2. The first kappa shape index (κ1) is 15.0. The van der Waals surface area contributed by atoms with Crippen LogP contribution in [0, 0.1) is 11.6 Å². The molecule has 1 unspecified atom stereocenters. The summed E-state index contributed by atoms with van der Waals surface area (Å²) in [5.74, 6) is -1.91. The van der Waals surface area contributed by atoms with Crippen LogP contribution >= 0.6 is 0 Å². The van der Waals surface area contributed by atoms with E-state index in [1.165, 1.54) is 6.07 Å². The smallest absolute Gasteiger partial charge is 0.159 e. The van der Waals surface area contributed by atoms with Crippen LogP contribution in [0.3, 0.4) is 0 Å². The van der Waals surface area contributed by atoms with Crippen molar-refractivity contribution in [1.29, 1.82) is 0 Å². The molecule has 0 aliphatic carbocycles. The summed E-state index contributed by atoms with van der Waals surface area (Å²) in [6.45, 7) is 3.92. The third kappa shape index (κ3) is 4.68. The summed E-state index contributed by atoms with van der Waals surface area (Å²) in [7, 11) is 1.74. The van der Waals surface area contributed by atoms with Crippen LogP contribution in [-0.2, 0) is 0 Å². The molecular weight excluding hydrogens is 240 g/mol. The Kier molecular flexibility index (Phi) is 4.78. The zero-order chi connectivity index (χ0) is 13.9. The molecule has 5 heteroatoms. The average molecular weight is 259 g/mol. The summed E-state index contributed by atoms with van der Waals surface area (Å²) < 4.78 is 25.8. The number of halogens is 2. The number of hydrogen-bond acceptors (Lipinski definition) is 3. The Morgan fingerprint density at radius 1 is 1.28 bits per heavy atom. The Hall–Kier alpha value is -1.04. The molecule has 0 radical (unpaired) electrons. The van der Waals surface area contributed by atoms with Gasteiger partial charge in [-0.25, -0.2) is 8.78 Å². The Balaban J connectivity index is 2.64. The fourth-order valence-corrected chi connectivity index (χ4v) is 1.85. The van der Waals surface area contributed by atoms with E-state index in [0.29, 0.717) is 12.1 Å². The lowest BCUT2D eigenvalue weighted by Gasteiger charge is -2.27. The number of likely N-dealkylation sites (N-methyl/N-ethyl adjacent to an activating group) is 1. The quantitative estimate of drug-likeness (QED) is 0.846. The van der Waals surface area contributed by atoms with Gasteiger partial charge in [-0.05, 0) is 38.6 Å². The standard InChI is InChI=1S/C13H19F2NO2/c1-13(2,18)8-16(3)7-12(17)9-4-5-10(14)11(15)6-9/h4-6,12,17-18H,7-8H2,1-3H3. The van der Waals surface area contributed by atoms with Crippen molar-refractivity contribution in [2.75, 3.05) is 20.1 Å². The van der Waals surface area contributed by atoms with E-state index in [9.17, 15) is 19.0 Å². The number of benzene rings is 1. The van der Waals surface area contributed by atoms with Crippen molar-refractivity contribution in [1.82, 2.24) is 4.90 Å². The van der Waals surface area contributed by atoms with Gasteiger partial charge in [-0.15, -0.1) is 0 Å². The zero-order valence-corrected chi connectivity index (χ0v) is 10.8. The van der Waals surface area contributed by atoms with Gasteiger partial charge in [0.1, 0.15) is 0 Å². The van der Waals surface area contributed by atoms with Crippen molar-refractivity contribution in [2.45, 2.75) is 25.6 Å². The van der Waals surface area contributed by atoms with E-state index in [2.05, 4.69) is 0 Å². The molecule has 0 saturated heterocycles.